The van der Waals surface area contributed by atoms with E-state index in [1.165, 1.54) is 0 Å². The molecule has 1 aliphatic rings. The molecule has 1 aliphatic carbocycles. The van der Waals surface area contributed by atoms with Crippen LogP contribution in [0.15, 0.2) is 24.3 Å². The summed E-state index contributed by atoms with van der Waals surface area (Å²) in [5.74, 6) is -0.499. The number of halogens is 1. The van der Waals surface area contributed by atoms with Crippen LogP contribution in [0.5, 0.6) is 0 Å². The Morgan fingerprint density at radius 2 is 2.18 bits per heavy atom. The Morgan fingerprint density at radius 1 is 1.53 bits per heavy atom. The summed E-state index contributed by atoms with van der Waals surface area (Å²) in [7, 11) is -3.35. The monoisotopic (exact) mass is 270 g/mol. The fourth-order valence-electron chi connectivity index (χ4n) is 2.26. The van der Waals surface area contributed by atoms with Crippen LogP contribution in [0.4, 0.5) is 0 Å². The molecule has 0 heterocycles. The van der Waals surface area contributed by atoms with Gasteiger partial charge in [-0.05, 0) is 17.7 Å². The minimum absolute atomic E-state index is 0.499. The number of rotatable bonds is 2. The SMILES string of the molecule is CS(=O)(=O)[C@H]1[C@H](c2cccc(Cl)c2)[C@@]1(N)C#N. The van der Waals surface area contributed by atoms with Crippen LogP contribution in [-0.4, -0.2) is 25.5 Å². The third-order valence-electron chi connectivity index (χ3n) is 3.04. The van der Waals surface area contributed by atoms with Crippen molar-refractivity contribution < 1.29 is 8.42 Å². The molecule has 4 nitrogen and oxygen atoms in total. The van der Waals surface area contributed by atoms with Crippen LogP contribution in [-0.2, 0) is 9.84 Å². The maximum absolute atomic E-state index is 11.6. The molecular weight excluding hydrogens is 260 g/mol. The van der Waals surface area contributed by atoms with Gasteiger partial charge in [-0.1, -0.05) is 23.7 Å². The van der Waals surface area contributed by atoms with Gasteiger partial charge in [0.15, 0.2) is 9.84 Å². The highest BCUT2D eigenvalue weighted by Gasteiger charge is 2.69. The first-order chi connectivity index (χ1) is 7.80. The first kappa shape index (κ1) is 12.4. The molecule has 1 fully saturated rings. The van der Waals surface area contributed by atoms with E-state index >= 15 is 0 Å². The molecule has 1 aromatic rings. The fraction of sp³-hybridized carbons (Fsp3) is 0.364. The van der Waals surface area contributed by atoms with E-state index in [1.807, 2.05) is 6.07 Å². The standard InChI is InChI=1S/C11H11ClN2O2S/c1-17(15,16)10-9(11(10,14)6-13)7-3-2-4-8(12)5-7/h2-5,9-10H,14H2,1H3/t9-,10-,11-/m0/s1. The molecule has 2 N–H and O–H groups in total. The van der Waals surface area contributed by atoms with Crippen LogP contribution in [0.3, 0.4) is 0 Å². The minimum atomic E-state index is -3.35. The van der Waals surface area contributed by atoms with E-state index in [0.29, 0.717) is 10.6 Å². The Morgan fingerprint density at radius 3 is 2.59 bits per heavy atom. The Hall–Kier alpha value is -1.09. The van der Waals surface area contributed by atoms with E-state index in [4.69, 9.17) is 22.6 Å². The van der Waals surface area contributed by atoms with Crippen molar-refractivity contribution in [1.82, 2.24) is 0 Å². The lowest BCUT2D eigenvalue weighted by Crippen LogP contribution is -2.28. The summed E-state index contributed by atoms with van der Waals surface area (Å²) in [6.45, 7) is 0. The summed E-state index contributed by atoms with van der Waals surface area (Å²) in [5.41, 5.74) is 5.18. The van der Waals surface area contributed by atoms with Crippen molar-refractivity contribution in [2.75, 3.05) is 6.26 Å². The molecule has 3 atom stereocenters. The first-order valence-electron chi connectivity index (χ1n) is 4.95. The summed E-state index contributed by atoms with van der Waals surface area (Å²) in [6, 6.07) is 8.68. The molecule has 0 aliphatic heterocycles. The van der Waals surface area contributed by atoms with Crippen LogP contribution >= 0.6 is 11.6 Å². The van der Waals surface area contributed by atoms with Crippen LogP contribution in [0.25, 0.3) is 0 Å². The van der Waals surface area contributed by atoms with Gasteiger partial charge in [0, 0.05) is 17.2 Å². The second-order valence-electron chi connectivity index (χ2n) is 4.33. The topological polar surface area (TPSA) is 83.9 Å². The summed E-state index contributed by atoms with van der Waals surface area (Å²) >= 11 is 5.84. The molecule has 0 spiro atoms. The molecule has 0 amide bonds. The number of sulfone groups is 1. The van der Waals surface area contributed by atoms with Crippen molar-refractivity contribution >= 4 is 21.4 Å². The van der Waals surface area contributed by atoms with Gasteiger partial charge >= 0.3 is 0 Å². The van der Waals surface area contributed by atoms with Crippen molar-refractivity contribution in [3.05, 3.63) is 34.9 Å². The second kappa shape index (κ2) is 3.70. The van der Waals surface area contributed by atoms with Gasteiger partial charge in [0.2, 0.25) is 0 Å². The smallest absolute Gasteiger partial charge is 0.153 e. The minimum Gasteiger partial charge on any atom is -0.312 e. The molecule has 6 heteroatoms. The number of nitrogens with zero attached hydrogens (tertiary/aromatic N) is 1. The van der Waals surface area contributed by atoms with Crippen molar-refractivity contribution in [2.24, 2.45) is 5.73 Å². The highest BCUT2D eigenvalue weighted by molar-refractivity contribution is 7.91. The predicted molar refractivity (Wildman–Crippen MR) is 65.4 cm³/mol. The molecule has 17 heavy (non-hydrogen) atoms. The number of hydrogen-bond donors (Lipinski definition) is 1. The van der Waals surface area contributed by atoms with Crippen molar-refractivity contribution in [3.63, 3.8) is 0 Å². The van der Waals surface area contributed by atoms with Gasteiger partial charge in [0.05, 0.1) is 6.07 Å². The first-order valence-corrected chi connectivity index (χ1v) is 7.28. The molecule has 0 saturated heterocycles. The normalized spacial score (nSPS) is 31.9. The van der Waals surface area contributed by atoms with Gasteiger partial charge in [-0.2, -0.15) is 5.26 Å². The highest BCUT2D eigenvalue weighted by atomic mass is 35.5. The zero-order chi connectivity index (χ0) is 12.8. The third kappa shape index (κ3) is 1.93. The molecule has 0 aromatic heterocycles. The Kier molecular flexibility index (Phi) is 2.69. The van der Waals surface area contributed by atoms with Crippen molar-refractivity contribution in [2.45, 2.75) is 16.7 Å². The molecule has 0 unspecified atom stereocenters. The highest BCUT2D eigenvalue weighted by Crippen LogP contribution is 2.53. The lowest BCUT2D eigenvalue weighted by Gasteiger charge is -2.00. The van der Waals surface area contributed by atoms with Crippen molar-refractivity contribution in [3.8, 4) is 6.07 Å². The van der Waals surface area contributed by atoms with Crippen LogP contribution in [0, 0.1) is 11.3 Å². The fourth-order valence-corrected chi connectivity index (χ4v) is 4.16. The number of hydrogen-bond acceptors (Lipinski definition) is 4. The van der Waals surface area contributed by atoms with Gasteiger partial charge in [-0.25, -0.2) is 8.42 Å². The number of nitrogens with two attached hydrogens (primary N) is 1. The van der Waals surface area contributed by atoms with Gasteiger partial charge in [0.1, 0.15) is 10.8 Å². The molecule has 2 rings (SSSR count). The average Bonchev–Trinajstić information content (AvgIpc) is 2.86. The van der Waals surface area contributed by atoms with Gasteiger partial charge in [-0.3, -0.25) is 0 Å². The lowest BCUT2D eigenvalue weighted by molar-refractivity contribution is 0.597. The summed E-state index contributed by atoms with van der Waals surface area (Å²) < 4.78 is 23.1. The summed E-state index contributed by atoms with van der Waals surface area (Å²) in [4.78, 5) is 0. The summed E-state index contributed by atoms with van der Waals surface area (Å²) in [5, 5.41) is 8.68. The lowest BCUT2D eigenvalue weighted by atomic mass is 10.1. The van der Waals surface area contributed by atoms with E-state index in [2.05, 4.69) is 0 Å². The van der Waals surface area contributed by atoms with Gasteiger partial charge in [0.25, 0.3) is 0 Å². The van der Waals surface area contributed by atoms with E-state index < -0.39 is 26.5 Å². The van der Waals surface area contributed by atoms with Crippen LogP contribution in [0.1, 0.15) is 11.5 Å². The van der Waals surface area contributed by atoms with E-state index in [9.17, 15) is 8.42 Å². The van der Waals surface area contributed by atoms with Gasteiger partial charge in [-0.15, -0.1) is 0 Å². The quantitative estimate of drug-likeness (QED) is 0.871. The third-order valence-corrected chi connectivity index (χ3v) is 4.86. The zero-order valence-electron chi connectivity index (χ0n) is 9.09. The van der Waals surface area contributed by atoms with Crippen molar-refractivity contribution in [1.29, 1.82) is 5.26 Å². The van der Waals surface area contributed by atoms with E-state index in [0.717, 1.165) is 6.26 Å². The number of nitriles is 1. The Balaban J connectivity index is 2.46. The Bertz CT molecular complexity index is 608. The molecule has 0 bridgehead atoms. The second-order valence-corrected chi connectivity index (χ2v) is 6.93. The molecule has 90 valence electrons. The van der Waals surface area contributed by atoms with E-state index in [-0.39, 0.29) is 0 Å². The van der Waals surface area contributed by atoms with Crippen LogP contribution in [0.2, 0.25) is 5.02 Å². The maximum atomic E-state index is 11.6. The summed E-state index contributed by atoms with van der Waals surface area (Å²) in [6.07, 6.45) is 1.10. The average molecular weight is 271 g/mol. The molecule has 1 aromatic carbocycles. The predicted octanol–water partition coefficient (Wildman–Crippen LogP) is 1.07. The van der Waals surface area contributed by atoms with Gasteiger partial charge < -0.3 is 5.73 Å². The van der Waals surface area contributed by atoms with Crippen LogP contribution < -0.4 is 5.73 Å². The van der Waals surface area contributed by atoms with E-state index in [1.54, 1.807) is 24.3 Å². The number of benzene rings is 1. The molecule has 0 radical (unpaired) electrons. The molecule has 1 saturated carbocycles. The molecular formula is C11H11ClN2O2S. The largest absolute Gasteiger partial charge is 0.312 e. The zero-order valence-corrected chi connectivity index (χ0v) is 10.7. The maximum Gasteiger partial charge on any atom is 0.153 e. The Labute approximate surface area is 105 Å².